The molecule has 1 aliphatic heterocycles. The number of Topliss-reactive ketones (excluding diaryl/α,β-unsaturated/α-hetero) is 1. The van der Waals surface area contributed by atoms with Crippen molar-refractivity contribution in [2.24, 2.45) is 5.92 Å². The number of fused-ring (bicyclic) bond motifs is 1. The van der Waals surface area contributed by atoms with Gasteiger partial charge in [-0.2, -0.15) is 4.98 Å². The molecule has 0 radical (unpaired) electrons. The lowest BCUT2D eigenvalue weighted by molar-refractivity contribution is -0.117. The smallest absolute Gasteiger partial charge is 0.227 e. The van der Waals surface area contributed by atoms with Gasteiger partial charge in [0.1, 0.15) is 6.04 Å². The zero-order valence-electron chi connectivity index (χ0n) is 17.6. The highest BCUT2D eigenvalue weighted by molar-refractivity contribution is 7.99. The second kappa shape index (κ2) is 8.22. The van der Waals surface area contributed by atoms with Gasteiger partial charge in [0, 0.05) is 36.5 Å². The molecule has 1 aliphatic carbocycles. The summed E-state index contributed by atoms with van der Waals surface area (Å²) in [6.07, 6.45) is 1.47. The summed E-state index contributed by atoms with van der Waals surface area (Å²) in [7, 11) is 0. The van der Waals surface area contributed by atoms with Crippen LogP contribution in [0.2, 0.25) is 0 Å². The van der Waals surface area contributed by atoms with E-state index in [2.05, 4.69) is 67.2 Å². The summed E-state index contributed by atoms with van der Waals surface area (Å²) in [5.41, 5.74) is 4.15. The second-order valence-corrected chi connectivity index (χ2v) is 8.95. The molecule has 0 fully saturated rings. The summed E-state index contributed by atoms with van der Waals surface area (Å²) < 4.78 is 1.90. The van der Waals surface area contributed by atoms with E-state index < -0.39 is 0 Å². The van der Waals surface area contributed by atoms with Gasteiger partial charge >= 0.3 is 0 Å². The maximum Gasteiger partial charge on any atom is 0.227 e. The number of hydrogen-bond donors (Lipinski definition) is 1. The second-order valence-electron chi connectivity index (χ2n) is 7.72. The number of aromatic nitrogens is 3. The number of anilines is 2. The Balaban J connectivity index is 1.79. The fourth-order valence-electron chi connectivity index (χ4n) is 4.34. The lowest BCUT2D eigenvalue weighted by Crippen LogP contribution is -2.33. The minimum Gasteiger partial charge on any atom is -0.372 e. The first-order valence-corrected chi connectivity index (χ1v) is 11.5. The maximum absolute atomic E-state index is 13.1. The van der Waals surface area contributed by atoms with E-state index in [-0.39, 0.29) is 11.8 Å². The number of benzene rings is 1. The van der Waals surface area contributed by atoms with Gasteiger partial charge in [-0.05, 0) is 49.6 Å². The summed E-state index contributed by atoms with van der Waals surface area (Å²) in [6.45, 7) is 10.5. The quantitative estimate of drug-likeness (QED) is 0.706. The van der Waals surface area contributed by atoms with Crippen molar-refractivity contribution in [2.45, 2.75) is 51.7 Å². The third-order valence-electron chi connectivity index (χ3n) is 5.72. The van der Waals surface area contributed by atoms with Crippen molar-refractivity contribution < 1.29 is 4.79 Å². The fraction of sp³-hybridized carbons (Fsp3) is 0.500. The van der Waals surface area contributed by atoms with E-state index in [1.807, 2.05) is 4.68 Å². The number of thioether (sulfide) groups is 1. The molecule has 154 valence electrons. The normalized spacial score (nSPS) is 20.9. The topological polar surface area (TPSA) is 63.1 Å². The molecule has 0 saturated heterocycles. The van der Waals surface area contributed by atoms with Gasteiger partial charge in [0.15, 0.2) is 5.78 Å². The Bertz CT molecular complexity index is 929. The van der Waals surface area contributed by atoms with Crippen molar-refractivity contribution in [1.82, 2.24) is 14.8 Å². The number of rotatable bonds is 6. The lowest BCUT2D eigenvalue weighted by Gasteiger charge is -2.34. The minimum absolute atomic E-state index is 0.217. The van der Waals surface area contributed by atoms with Crippen LogP contribution in [0, 0.1) is 5.92 Å². The Kier molecular flexibility index (Phi) is 5.67. The molecule has 1 aromatic carbocycles. The van der Waals surface area contributed by atoms with Crippen LogP contribution in [0.5, 0.6) is 0 Å². The van der Waals surface area contributed by atoms with Gasteiger partial charge in [-0.25, -0.2) is 4.68 Å². The number of carbonyl (C=O) groups excluding carboxylic acids is 1. The molecule has 0 amide bonds. The Hall–Kier alpha value is -2.28. The molecule has 2 heterocycles. The van der Waals surface area contributed by atoms with Crippen LogP contribution >= 0.6 is 11.8 Å². The zero-order valence-corrected chi connectivity index (χ0v) is 18.4. The number of ketones is 1. The van der Waals surface area contributed by atoms with E-state index in [1.54, 1.807) is 11.8 Å². The first-order valence-electron chi connectivity index (χ1n) is 10.5. The summed E-state index contributed by atoms with van der Waals surface area (Å²) in [5.74, 6) is 2.21. The molecule has 2 aliphatic rings. The Morgan fingerprint density at radius 1 is 1.17 bits per heavy atom. The molecule has 1 N–H and O–H groups in total. The van der Waals surface area contributed by atoms with Crippen LogP contribution in [-0.4, -0.2) is 39.4 Å². The van der Waals surface area contributed by atoms with Crippen LogP contribution in [-0.2, 0) is 4.79 Å². The molecule has 4 rings (SSSR count). The average Bonchev–Trinajstić information content (AvgIpc) is 3.10. The van der Waals surface area contributed by atoms with Gasteiger partial charge in [0.05, 0.1) is 0 Å². The molecule has 6 nitrogen and oxygen atoms in total. The van der Waals surface area contributed by atoms with Crippen LogP contribution in [0.15, 0.2) is 40.7 Å². The van der Waals surface area contributed by atoms with E-state index in [0.29, 0.717) is 12.3 Å². The monoisotopic (exact) mass is 411 g/mol. The van der Waals surface area contributed by atoms with E-state index in [1.165, 1.54) is 5.69 Å². The molecular formula is C22H29N5OS. The van der Waals surface area contributed by atoms with Crippen LogP contribution in [0.3, 0.4) is 0 Å². The largest absolute Gasteiger partial charge is 0.372 e. The highest BCUT2D eigenvalue weighted by atomic mass is 32.2. The first kappa shape index (κ1) is 20.0. The molecule has 1 aromatic heterocycles. The van der Waals surface area contributed by atoms with E-state index in [0.717, 1.165) is 53.2 Å². The van der Waals surface area contributed by atoms with Gasteiger partial charge in [0.2, 0.25) is 11.1 Å². The number of nitrogens with zero attached hydrogens (tertiary/aromatic N) is 4. The Morgan fingerprint density at radius 3 is 2.55 bits per heavy atom. The minimum atomic E-state index is -0.217. The van der Waals surface area contributed by atoms with Crippen molar-refractivity contribution >= 4 is 29.2 Å². The average molecular weight is 412 g/mol. The lowest BCUT2D eigenvalue weighted by atomic mass is 9.81. The molecular weight excluding hydrogens is 382 g/mol. The van der Waals surface area contributed by atoms with Crippen molar-refractivity contribution in [3.05, 3.63) is 41.1 Å². The van der Waals surface area contributed by atoms with E-state index >= 15 is 0 Å². The molecule has 29 heavy (non-hydrogen) atoms. The SMILES string of the molecule is CCSc1nc2n(n1)[C@H](c1ccc(N(CC)CC)cc1)C1=C(C[C@@H](C)CC1=O)N2. The number of allylic oxidation sites excluding steroid dienone is 2. The molecule has 2 aromatic rings. The van der Waals surface area contributed by atoms with Gasteiger partial charge in [-0.15, -0.1) is 5.10 Å². The van der Waals surface area contributed by atoms with Crippen LogP contribution in [0.25, 0.3) is 0 Å². The zero-order chi connectivity index (χ0) is 20.5. The van der Waals surface area contributed by atoms with E-state index in [4.69, 9.17) is 5.10 Å². The van der Waals surface area contributed by atoms with Crippen LogP contribution < -0.4 is 10.2 Å². The first-order chi connectivity index (χ1) is 14.0. The predicted octanol–water partition coefficient (Wildman–Crippen LogP) is 4.50. The van der Waals surface area contributed by atoms with Crippen molar-refractivity contribution in [3.63, 3.8) is 0 Å². The van der Waals surface area contributed by atoms with Crippen molar-refractivity contribution in [2.75, 3.05) is 29.1 Å². The summed E-state index contributed by atoms with van der Waals surface area (Å²) in [4.78, 5) is 20.1. The predicted molar refractivity (Wildman–Crippen MR) is 119 cm³/mol. The van der Waals surface area contributed by atoms with Crippen LogP contribution in [0.1, 0.15) is 52.1 Å². The van der Waals surface area contributed by atoms with Crippen molar-refractivity contribution in [1.29, 1.82) is 0 Å². The number of carbonyl (C=O) groups is 1. The number of nitrogens with one attached hydrogen (secondary N) is 1. The van der Waals surface area contributed by atoms with Crippen LogP contribution in [0.4, 0.5) is 11.6 Å². The molecule has 2 atom stereocenters. The molecule has 0 saturated carbocycles. The highest BCUT2D eigenvalue weighted by Crippen LogP contribution is 2.42. The molecule has 0 unspecified atom stereocenters. The maximum atomic E-state index is 13.1. The third-order valence-corrected chi connectivity index (χ3v) is 6.44. The molecule has 7 heteroatoms. The van der Waals surface area contributed by atoms with Gasteiger partial charge in [-0.1, -0.05) is 37.7 Å². The Labute approximate surface area is 176 Å². The van der Waals surface area contributed by atoms with Gasteiger partial charge in [0.25, 0.3) is 0 Å². The van der Waals surface area contributed by atoms with Gasteiger partial charge < -0.3 is 10.2 Å². The summed E-state index contributed by atoms with van der Waals surface area (Å²) in [5, 5.41) is 8.90. The molecule has 0 bridgehead atoms. The Morgan fingerprint density at radius 2 is 1.90 bits per heavy atom. The highest BCUT2D eigenvalue weighted by Gasteiger charge is 2.38. The molecule has 0 spiro atoms. The standard InChI is InChI=1S/C22H29N5OS/c1-5-26(6-2)16-10-8-15(9-11-16)20-19-17(12-14(4)13-18(19)28)23-21-24-22(29-7-3)25-27(20)21/h8-11,14,20H,5-7,12-13H2,1-4H3,(H,23,24,25)/t14-,20-/m1/s1. The van der Waals surface area contributed by atoms with Gasteiger partial charge in [-0.3, -0.25) is 4.79 Å². The number of hydrogen-bond acceptors (Lipinski definition) is 6. The summed E-state index contributed by atoms with van der Waals surface area (Å²) >= 11 is 1.62. The van der Waals surface area contributed by atoms with Crippen molar-refractivity contribution in [3.8, 4) is 0 Å². The summed E-state index contributed by atoms with van der Waals surface area (Å²) in [6, 6.07) is 8.36. The van der Waals surface area contributed by atoms with E-state index in [9.17, 15) is 4.79 Å². The fourth-order valence-corrected chi connectivity index (χ4v) is 4.90. The third kappa shape index (κ3) is 3.68.